The average molecular weight is 432 g/mol. The Labute approximate surface area is 165 Å². The van der Waals surface area contributed by atoms with E-state index < -0.39 is 29.8 Å². The molecule has 12 heteroatoms. The maximum atomic E-state index is 13.4. The third-order valence-electron chi connectivity index (χ3n) is 4.01. The summed E-state index contributed by atoms with van der Waals surface area (Å²) < 4.78 is 87.8. The minimum Gasteiger partial charge on any atom is -0.481 e. The molecule has 2 heterocycles. The second kappa shape index (κ2) is 7.84. The zero-order valence-corrected chi connectivity index (χ0v) is 15.5. The van der Waals surface area contributed by atoms with Crippen LogP contribution in [0.3, 0.4) is 0 Å². The standard InChI is InChI=1S/C18H14F6N4O2/c1-9(17(19,20)21)29-13-6-5-10(8-12(13)18(22,23)24)16-27-15(28-30-16)11-4-3-7-26-14(11)25-2/h3-9H,1-2H3,(H,25,26). The van der Waals surface area contributed by atoms with Gasteiger partial charge in [0.15, 0.2) is 6.10 Å². The molecule has 0 amide bonds. The molecule has 0 aliphatic heterocycles. The van der Waals surface area contributed by atoms with Gasteiger partial charge in [0.2, 0.25) is 5.82 Å². The summed E-state index contributed by atoms with van der Waals surface area (Å²) in [6.45, 7) is 0.617. The van der Waals surface area contributed by atoms with E-state index in [9.17, 15) is 26.3 Å². The number of ether oxygens (including phenoxy) is 1. The molecule has 0 aliphatic carbocycles. The SMILES string of the molecule is CNc1ncccc1-c1noc(-c2ccc(OC(C)C(F)(F)F)c(C(F)(F)F)c2)n1. The van der Waals surface area contributed by atoms with Crippen molar-refractivity contribution >= 4 is 5.82 Å². The Morgan fingerprint density at radius 2 is 1.83 bits per heavy atom. The van der Waals surface area contributed by atoms with E-state index in [1.165, 1.54) is 6.20 Å². The Hall–Kier alpha value is -3.31. The fraction of sp³-hybridized carbons (Fsp3) is 0.278. The highest BCUT2D eigenvalue weighted by Gasteiger charge is 2.41. The van der Waals surface area contributed by atoms with Gasteiger partial charge in [0.25, 0.3) is 5.89 Å². The number of pyridine rings is 1. The molecule has 3 rings (SSSR count). The van der Waals surface area contributed by atoms with Crippen LogP contribution in [-0.4, -0.2) is 34.5 Å². The van der Waals surface area contributed by atoms with E-state index in [4.69, 9.17) is 4.52 Å². The van der Waals surface area contributed by atoms with E-state index in [2.05, 4.69) is 25.2 Å². The van der Waals surface area contributed by atoms with Crippen LogP contribution in [0.5, 0.6) is 5.75 Å². The first-order valence-electron chi connectivity index (χ1n) is 8.42. The van der Waals surface area contributed by atoms with E-state index in [1.807, 2.05) is 0 Å². The minimum absolute atomic E-state index is 0.0713. The van der Waals surface area contributed by atoms with Gasteiger partial charge in [-0.3, -0.25) is 0 Å². The lowest BCUT2D eigenvalue weighted by atomic mass is 10.1. The summed E-state index contributed by atoms with van der Waals surface area (Å²) in [5.74, 6) is -0.717. The maximum Gasteiger partial charge on any atom is 0.425 e. The summed E-state index contributed by atoms with van der Waals surface area (Å²) in [6, 6.07) is 5.73. The topological polar surface area (TPSA) is 73.1 Å². The number of benzene rings is 1. The molecule has 3 aromatic rings. The lowest BCUT2D eigenvalue weighted by Crippen LogP contribution is -2.31. The Kier molecular flexibility index (Phi) is 5.59. The van der Waals surface area contributed by atoms with Crippen LogP contribution in [0.2, 0.25) is 0 Å². The van der Waals surface area contributed by atoms with Gasteiger partial charge < -0.3 is 14.6 Å². The lowest BCUT2D eigenvalue weighted by Gasteiger charge is -2.20. The van der Waals surface area contributed by atoms with Crippen molar-refractivity contribution in [3.63, 3.8) is 0 Å². The van der Waals surface area contributed by atoms with E-state index >= 15 is 0 Å². The van der Waals surface area contributed by atoms with Gasteiger partial charge in [0, 0.05) is 18.8 Å². The summed E-state index contributed by atoms with van der Waals surface area (Å²) >= 11 is 0. The average Bonchev–Trinajstić information content (AvgIpc) is 3.16. The van der Waals surface area contributed by atoms with Crippen LogP contribution in [0, 0.1) is 0 Å². The highest BCUT2D eigenvalue weighted by molar-refractivity contribution is 5.70. The molecule has 160 valence electrons. The zero-order valence-electron chi connectivity index (χ0n) is 15.5. The van der Waals surface area contributed by atoms with Crippen LogP contribution in [0.15, 0.2) is 41.1 Å². The molecule has 0 saturated heterocycles. The van der Waals surface area contributed by atoms with Crippen molar-refractivity contribution in [1.82, 2.24) is 15.1 Å². The van der Waals surface area contributed by atoms with Crippen LogP contribution in [-0.2, 0) is 6.18 Å². The van der Waals surface area contributed by atoms with Gasteiger partial charge in [-0.05, 0) is 37.3 Å². The van der Waals surface area contributed by atoms with Gasteiger partial charge in [-0.25, -0.2) is 4.98 Å². The molecular weight excluding hydrogens is 418 g/mol. The van der Waals surface area contributed by atoms with Gasteiger partial charge in [-0.2, -0.15) is 31.3 Å². The molecule has 0 bridgehead atoms. The molecule has 0 aliphatic rings. The van der Waals surface area contributed by atoms with Crippen molar-refractivity contribution in [3.05, 3.63) is 42.1 Å². The molecule has 1 aromatic carbocycles. The van der Waals surface area contributed by atoms with Crippen LogP contribution < -0.4 is 10.1 Å². The largest absolute Gasteiger partial charge is 0.481 e. The third kappa shape index (κ3) is 4.47. The van der Waals surface area contributed by atoms with Crippen LogP contribution in [0.25, 0.3) is 22.8 Å². The zero-order chi connectivity index (χ0) is 22.1. The molecule has 1 N–H and O–H groups in total. The van der Waals surface area contributed by atoms with Crippen molar-refractivity contribution in [2.45, 2.75) is 25.4 Å². The van der Waals surface area contributed by atoms with Gasteiger partial charge in [-0.15, -0.1) is 0 Å². The van der Waals surface area contributed by atoms with Crippen molar-refractivity contribution < 1.29 is 35.6 Å². The highest BCUT2D eigenvalue weighted by Crippen LogP contribution is 2.40. The molecule has 1 unspecified atom stereocenters. The Morgan fingerprint density at radius 1 is 1.10 bits per heavy atom. The summed E-state index contributed by atoms with van der Waals surface area (Å²) in [5, 5.41) is 6.56. The van der Waals surface area contributed by atoms with E-state index in [1.54, 1.807) is 19.2 Å². The molecule has 6 nitrogen and oxygen atoms in total. The van der Waals surface area contributed by atoms with Gasteiger partial charge >= 0.3 is 12.4 Å². The van der Waals surface area contributed by atoms with E-state index in [0.29, 0.717) is 24.4 Å². The fourth-order valence-corrected chi connectivity index (χ4v) is 2.48. The molecule has 30 heavy (non-hydrogen) atoms. The molecular formula is C18H14F6N4O2. The lowest BCUT2D eigenvalue weighted by molar-refractivity contribution is -0.191. The molecule has 0 saturated carbocycles. The van der Waals surface area contributed by atoms with Gasteiger partial charge in [0.05, 0.1) is 11.1 Å². The highest BCUT2D eigenvalue weighted by atomic mass is 19.4. The Morgan fingerprint density at radius 3 is 2.47 bits per heavy atom. The summed E-state index contributed by atoms with van der Waals surface area (Å²) in [4.78, 5) is 8.14. The smallest absolute Gasteiger partial charge is 0.425 e. The molecule has 0 fully saturated rings. The van der Waals surface area contributed by atoms with E-state index in [0.717, 1.165) is 12.1 Å². The number of hydrogen-bond acceptors (Lipinski definition) is 6. The summed E-state index contributed by atoms with van der Waals surface area (Å²) in [6.07, 6.45) is -10.7. The number of nitrogens with zero attached hydrogens (tertiary/aromatic N) is 3. The first-order valence-corrected chi connectivity index (χ1v) is 8.42. The fourth-order valence-electron chi connectivity index (χ4n) is 2.48. The second-order valence-electron chi connectivity index (χ2n) is 6.08. The number of halogens is 6. The monoisotopic (exact) mass is 432 g/mol. The number of anilines is 1. The van der Waals surface area contributed by atoms with Crippen LogP contribution in [0.1, 0.15) is 12.5 Å². The Balaban J connectivity index is 1.99. The van der Waals surface area contributed by atoms with Crippen molar-refractivity contribution in [2.75, 3.05) is 12.4 Å². The first kappa shape index (κ1) is 21.4. The number of hydrogen-bond donors (Lipinski definition) is 1. The normalized spacial score (nSPS) is 13.2. The number of rotatable bonds is 5. The van der Waals surface area contributed by atoms with Gasteiger partial charge in [-0.1, -0.05) is 5.16 Å². The molecule has 0 radical (unpaired) electrons. The minimum atomic E-state index is -4.97. The van der Waals surface area contributed by atoms with Gasteiger partial charge in [0.1, 0.15) is 11.6 Å². The third-order valence-corrected chi connectivity index (χ3v) is 4.01. The van der Waals surface area contributed by atoms with Crippen LogP contribution in [0.4, 0.5) is 32.2 Å². The van der Waals surface area contributed by atoms with Crippen molar-refractivity contribution in [1.29, 1.82) is 0 Å². The van der Waals surface area contributed by atoms with Crippen molar-refractivity contribution in [3.8, 4) is 28.6 Å². The second-order valence-corrected chi connectivity index (χ2v) is 6.08. The summed E-state index contributed by atoms with van der Waals surface area (Å²) in [5.41, 5.74) is -1.08. The first-order chi connectivity index (χ1) is 14.0. The number of aromatic nitrogens is 3. The molecule has 2 aromatic heterocycles. The quantitative estimate of drug-likeness (QED) is 0.560. The Bertz CT molecular complexity index is 1030. The van der Waals surface area contributed by atoms with Crippen LogP contribution >= 0.6 is 0 Å². The molecule has 0 spiro atoms. The van der Waals surface area contributed by atoms with Crippen molar-refractivity contribution in [2.24, 2.45) is 0 Å². The van der Waals surface area contributed by atoms with E-state index in [-0.39, 0.29) is 17.3 Å². The summed E-state index contributed by atoms with van der Waals surface area (Å²) in [7, 11) is 1.61. The molecule has 1 atom stereocenters. The predicted molar refractivity (Wildman–Crippen MR) is 93.7 cm³/mol. The predicted octanol–water partition coefficient (Wildman–Crippen LogP) is 5.19. The number of nitrogens with one attached hydrogen (secondary N) is 1. The number of alkyl halides is 6. The maximum absolute atomic E-state index is 13.4.